The molecular weight excluding hydrogens is 232 g/mol. The molecule has 0 saturated carbocycles. The molecule has 5 heteroatoms. The Kier molecular flexibility index (Phi) is 3.94. The molecule has 1 aliphatic rings. The zero-order valence-corrected chi connectivity index (χ0v) is 9.98. The molecule has 5 nitrogen and oxygen atoms in total. The maximum Gasteiger partial charge on any atom is 0.335 e. The van der Waals surface area contributed by atoms with Gasteiger partial charge in [-0.1, -0.05) is 12.1 Å². The molecule has 2 rings (SSSR count). The standard InChI is InChI=1S/C13H16N2O3/c16-12-11(2-1-7-14-12)15-8-9-3-5-10(6-4-9)13(17)18/h3-6,11,15H,1-2,7-8H2,(H,14,16)(H,17,18). The van der Waals surface area contributed by atoms with Crippen molar-refractivity contribution in [2.24, 2.45) is 0 Å². The number of carboxylic acid groups (broad SMARTS) is 1. The molecule has 1 aromatic carbocycles. The minimum Gasteiger partial charge on any atom is -0.478 e. The summed E-state index contributed by atoms with van der Waals surface area (Å²) in [7, 11) is 0. The topological polar surface area (TPSA) is 78.4 Å². The van der Waals surface area contributed by atoms with Crippen LogP contribution in [0.2, 0.25) is 0 Å². The molecule has 1 aromatic rings. The van der Waals surface area contributed by atoms with E-state index in [9.17, 15) is 9.59 Å². The molecule has 0 bridgehead atoms. The molecule has 1 heterocycles. The maximum atomic E-state index is 11.5. The highest BCUT2D eigenvalue weighted by Gasteiger charge is 2.20. The van der Waals surface area contributed by atoms with Crippen molar-refractivity contribution in [3.8, 4) is 0 Å². The Balaban J connectivity index is 1.89. The molecule has 0 radical (unpaired) electrons. The van der Waals surface area contributed by atoms with Gasteiger partial charge in [0.15, 0.2) is 0 Å². The first kappa shape index (κ1) is 12.6. The summed E-state index contributed by atoms with van der Waals surface area (Å²) in [6, 6.07) is 6.52. The number of piperidine rings is 1. The summed E-state index contributed by atoms with van der Waals surface area (Å²) in [6.45, 7) is 1.32. The number of carboxylic acids is 1. The Bertz CT molecular complexity index is 442. The van der Waals surface area contributed by atoms with Crippen LogP contribution in [0.5, 0.6) is 0 Å². The van der Waals surface area contributed by atoms with E-state index in [1.54, 1.807) is 24.3 Å². The molecular formula is C13H16N2O3. The number of nitrogens with one attached hydrogen (secondary N) is 2. The SMILES string of the molecule is O=C(O)c1ccc(CNC2CCCNC2=O)cc1. The third-order valence-electron chi connectivity index (χ3n) is 3.04. The second-order valence-electron chi connectivity index (χ2n) is 4.37. The van der Waals surface area contributed by atoms with Gasteiger partial charge < -0.3 is 15.7 Å². The predicted molar refractivity (Wildman–Crippen MR) is 66.3 cm³/mol. The third-order valence-corrected chi connectivity index (χ3v) is 3.04. The molecule has 1 aliphatic heterocycles. The van der Waals surface area contributed by atoms with Crippen LogP contribution >= 0.6 is 0 Å². The van der Waals surface area contributed by atoms with Crippen LogP contribution in [0.4, 0.5) is 0 Å². The minimum absolute atomic E-state index is 0.0448. The van der Waals surface area contributed by atoms with Crippen molar-refractivity contribution in [2.45, 2.75) is 25.4 Å². The summed E-state index contributed by atoms with van der Waals surface area (Å²) in [4.78, 5) is 22.2. The highest BCUT2D eigenvalue weighted by atomic mass is 16.4. The van der Waals surface area contributed by atoms with E-state index in [0.717, 1.165) is 24.9 Å². The predicted octanol–water partition coefficient (Wildman–Crippen LogP) is 0.753. The van der Waals surface area contributed by atoms with Gasteiger partial charge in [0.2, 0.25) is 5.91 Å². The van der Waals surface area contributed by atoms with E-state index in [0.29, 0.717) is 6.54 Å². The van der Waals surface area contributed by atoms with Crippen molar-refractivity contribution in [2.75, 3.05) is 6.54 Å². The monoisotopic (exact) mass is 248 g/mol. The average molecular weight is 248 g/mol. The quantitative estimate of drug-likeness (QED) is 0.735. The van der Waals surface area contributed by atoms with Crippen LogP contribution in [0.1, 0.15) is 28.8 Å². The number of amides is 1. The van der Waals surface area contributed by atoms with Crippen molar-refractivity contribution in [1.29, 1.82) is 0 Å². The highest BCUT2D eigenvalue weighted by Crippen LogP contribution is 2.07. The van der Waals surface area contributed by atoms with Crippen LogP contribution in [-0.2, 0) is 11.3 Å². The first-order chi connectivity index (χ1) is 8.66. The molecule has 0 spiro atoms. The number of carbonyl (C=O) groups excluding carboxylic acids is 1. The smallest absolute Gasteiger partial charge is 0.335 e. The molecule has 1 fully saturated rings. The lowest BCUT2D eigenvalue weighted by Gasteiger charge is -2.22. The summed E-state index contributed by atoms with van der Waals surface area (Å²) in [6.07, 6.45) is 1.83. The Labute approximate surface area is 105 Å². The van der Waals surface area contributed by atoms with Gasteiger partial charge in [0, 0.05) is 13.1 Å². The van der Waals surface area contributed by atoms with Crippen LogP contribution in [0.3, 0.4) is 0 Å². The van der Waals surface area contributed by atoms with Crippen molar-refractivity contribution in [3.63, 3.8) is 0 Å². The van der Waals surface area contributed by atoms with Gasteiger partial charge in [-0.2, -0.15) is 0 Å². The fraction of sp³-hybridized carbons (Fsp3) is 0.385. The largest absolute Gasteiger partial charge is 0.478 e. The van der Waals surface area contributed by atoms with Crippen molar-refractivity contribution >= 4 is 11.9 Å². The van der Waals surface area contributed by atoms with E-state index in [2.05, 4.69) is 10.6 Å². The Morgan fingerprint density at radius 2 is 2.11 bits per heavy atom. The van der Waals surface area contributed by atoms with E-state index in [4.69, 9.17) is 5.11 Å². The molecule has 1 saturated heterocycles. The Morgan fingerprint density at radius 3 is 2.72 bits per heavy atom. The average Bonchev–Trinajstić information content (AvgIpc) is 2.38. The van der Waals surface area contributed by atoms with Crippen LogP contribution in [0.15, 0.2) is 24.3 Å². The van der Waals surface area contributed by atoms with Gasteiger partial charge in [0.1, 0.15) is 0 Å². The van der Waals surface area contributed by atoms with Gasteiger partial charge >= 0.3 is 5.97 Å². The maximum absolute atomic E-state index is 11.5. The molecule has 0 aromatic heterocycles. The van der Waals surface area contributed by atoms with Crippen LogP contribution in [-0.4, -0.2) is 29.6 Å². The first-order valence-corrected chi connectivity index (χ1v) is 6.00. The zero-order valence-electron chi connectivity index (χ0n) is 9.98. The third kappa shape index (κ3) is 3.07. The van der Waals surface area contributed by atoms with Crippen LogP contribution in [0.25, 0.3) is 0 Å². The van der Waals surface area contributed by atoms with Gasteiger partial charge in [-0.25, -0.2) is 4.79 Å². The fourth-order valence-electron chi connectivity index (χ4n) is 1.97. The van der Waals surface area contributed by atoms with Gasteiger partial charge in [-0.05, 0) is 30.5 Å². The first-order valence-electron chi connectivity index (χ1n) is 6.00. The minimum atomic E-state index is -0.929. The number of hydrogen-bond donors (Lipinski definition) is 3. The summed E-state index contributed by atoms with van der Waals surface area (Å²) < 4.78 is 0. The molecule has 1 amide bonds. The summed E-state index contributed by atoms with van der Waals surface area (Å²) >= 11 is 0. The Morgan fingerprint density at radius 1 is 1.39 bits per heavy atom. The molecule has 3 N–H and O–H groups in total. The van der Waals surface area contributed by atoms with E-state index < -0.39 is 5.97 Å². The number of benzene rings is 1. The summed E-state index contributed by atoms with van der Waals surface area (Å²) in [5, 5.41) is 14.8. The fourth-order valence-corrected chi connectivity index (χ4v) is 1.97. The number of carbonyl (C=O) groups is 2. The van der Waals surface area contributed by atoms with Crippen LogP contribution in [0, 0.1) is 0 Å². The molecule has 0 aliphatic carbocycles. The summed E-state index contributed by atoms with van der Waals surface area (Å²) in [5.74, 6) is -0.885. The normalized spacial score (nSPS) is 19.3. The van der Waals surface area contributed by atoms with E-state index in [-0.39, 0.29) is 17.5 Å². The molecule has 96 valence electrons. The van der Waals surface area contributed by atoms with Crippen molar-refractivity contribution in [1.82, 2.24) is 10.6 Å². The number of hydrogen-bond acceptors (Lipinski definition) is 3. The zero-order chi connectivity index (χ0) is 13.0. The van der Waals surface area contributed by atoms with Gasteiger partial charge in [0.05, 0.1) is 11.6 Å². The lowest BCUT2D eigenvalue weighted by molar-refractivity contribution is -0.124. The van der Waals surface area contributed by atoms with E-state index >= 15 is 0 Å². The van der Waals surface area contributed by atoms with E-state index in [1.165, 1.54) is 0 Å². The van der Waals surface area contributed by atoms with Gasteiger partial charge in [-0.15, -0.1) is 0 Å². The lowest BCUT2D eigenvalue weighted by atomic mass is 10.1. The second-order valence-corrected chi connectivity index (χ2v) is 4.37. The van der Waals surface area contributed by atoms with Crippen molar-refractivity contribution in [3.05, 3.63) is 35.4 Å². The lowest BCUT2D eigenvalue weighted by Crippen LogP contribution is -2.47. The van der Waals surface area contributed by atoms with Gasteiger partial charge in [0.25, 0.3) is 0 Å². The second kappa shape index (κ2) is 5.64. The molecule has 1 unspecified atom stereocenters. The summed E-state index contributed by atoms with van der Waals surface area (Å²) in [5.41, 5.74) is 1.24. The number of rotatable bonds is 4. The van der Waals surface area contributed by atoms with Crippen LogP contribution < -0.4 is 10.6 Å². The molecule has 18 heavy (non-hydrogen) atoms. The highest BCUT2D eigenvalue weighted by molar-refractivity contribution is 5.87. The Hall–Kier alpha value is -1.88. The van der Waals surface area contributed by atoms with Gasteiger partial charge in [-0.3, -0.25) is 4.79 Å². The number of aromatic carboxylic acids is 1. The van der Waals surface area contributed by atoms with Crippen molar-refractivity contribution < 1.29 is 14.7 Å². The molecule has 1 atom stereocenters. The van der Waals surface area contributed by atoms with E-state index in [1.807, 2.05) is 0 Å².